The number of nitrogens with zero attached hydrogens (tertiary/aromatic N) is 1. The molecule has 1 unspecified atom stereocenters. The number of likely N-dealkylation sites (N-methyl/N-ethyl adjacent to an activating group) is 1. The molecule has 0 bridgehead atoms. The van der Waals surface area contributed by atoms with Crippen molar-refractivity contribution in [1.82, 2.24) is 4.90 Å². The van der Waals surface area contributed by atoms with Gasteiger partial charge in [0.15, 0.2) is 5.78 Å². The summed E-state index contributed by atoms with van der Waals surface area (Å²) in [5.74, 6) is -0.707. The number of hydrogen-bond donors (Lipinski definition) is 1. The smallest absolute Gasteiger partial charge is 0.305 e. The van der Waals surface area contributed by atoms with E-state index >= 15 is 0 Å². The standard InChI is InChI=1S/C15H21NO3/c1-10(2)11-5-7-12(8-6-11)15(19)13(16(3)4)9-14(17)18/h5-8,10,13H,9H2,1-4H3,(H,17,18). The summed E-state index contributed by atoms with van der Waals surface area (Å²) in [5, 5.41) is 8.87. The normalized spacial score (nSPS) is 12.7. The molecule has 1 atom stereocenters. The first kappa shape index (κ1) is 15.4. The fraction of sp³-hybridized carbons (Fsp3) is 0.467. The van der Waals surface area contributed by atoms with E-state index < -0.39 is 12.0 Å². The van der Waals surface area contributed by atoms with Crippen LogP contribution in [0.4, 0.5) is 0 Å². The highest BCUT2D eigenvalue weighted by Crippen LogP contribution is 2.17. The summed E-state index contributed by atoms with van der Waals surface area (Å²) < 4.78 is 0. The second-order valence-corrected chi connectivity index (χ2v) is 5.22. The van der Waals surface area contributed by atoms with Gasteiger partial charge in [0.25, 0.3) is 0 Å². The fourth-order valence-corrected chi connectivity index (χ4v) is 1.90. The van der Waals surface area contributed by atoms with Crippen molar-refractivity contribution < 1.29 is 14.7 Å². The highest BCUT2D eigenvalue weighted by atomic mass is 16.4. The summed E-state index contributed by atoms with van der Waals surface area (Å²) in [4.78, 5) is 24.8. The molecule has 0 aliphatic carbocycles. The van der Waals surface area contributed by atoms with E-state index in [9.17, 15) is 9.59 Å². The fourth-order valence-electron chi connectivity index (χ4n) is 1.90. The Kier molecular flexibility index (Phi) is 5.24. The van der Waals surface area contributed by atoms with Crippen LogP contribution in [0.5, 0.6) is 0 Å². The molecular weight excluding hydrogens is 242 g/mol. The van der Waals surface area contributed by atoms with Crippen molar-refractivity contribution in [2.75, 3.05) is 14.1 Å². The van der Waals surface area contributed by atoms with Crippen molar-refractivity contribution in [1.29, 1.82) is 0 Å². The van der Waals surface area contributed by atoms with Crippen molar-refractivity contribution in [2.24, 2.45) is 0 Å². The molecule has 4 nitrogen and oxygen atoms in total. The Morgan fingerprint density at radius 2 is 1.68 bits per heavy atom. The number of benzene rings is 1. The first-order chi connectivity index (χ1) is 8.82. The van der Waals surface area contributed by atoms with Crippen LogP contribution in [0.3, 0.4) is 0 Å². The van der Waals surface area contributed by atoms with Crippen LogP contribution in [0.25, 0.3) is 0 Å². The third-order valence-corrected chi connectivity index (χ3v) is 3.16. The van der Waals surface area contributed by atoms with E-state index in [1.165, 1.54) is 0 Å². The minimum absolute atomic E-state index is 0.150. The Balaban J connectivity index is 2.93. The molecule has 0 spiro atoms. The lowest BCUT2D eigenvalue weighted by atomic mass is 9.97. The molecule has 0 saturated carbocycles. The molecule has 0 saturated heterocycles. The molecule has 0 heterocycles. The largest absolute Gasteiger partial charge is 0.481 e. The SMILES string of the molecule is CC(C)c1ccc(C(=O)C(CC(=O)O)N(C)C)cc1. The van der Waals surface area contributed by atoms with Crippen LogP contribution >= 0.6 is 0 Å². The lowest BCUT2D eigenvalue weighted by Crippen LogP contribution is -2.37. The molecule has 0 amide bonds. The number of rotatable bonds is 6. The molecule has 1 N–H and O–H groups in total. The quantitative estimate of drug-likeness (QED) is 0.801. The van der Waals surface area contributed by atoms with Crippen LogP contribution in [-0.2, 0) is 4.79 Å². The predicted molar refractivity (Wildman–Crippen MR) is 74.6 cm³/mol. The van der Waals surface area contributed by atoms with E-state index in [4.69, 9.17) is 5.11 Å². The Bertz CT molecular complexity index is 449. The number of carboxylic acid groups (broad SMARTS) is 1. The van der Waals surface area contributed by atoms with E-state index in [0.717, 1.165) is 5.56 Å². The minimum atomic E-state index is -0.967. The Hall–Kier alpha value is -1.68. The van der Waals surface area contributed by atoms with Gasteiger partial charge < -0.3 is 5.11 Å². The van der Waals surface area contributed by atoms with Gasteiger partial charge in [-0.1, -0.05) is 38.1 Å². The molecule has 0 aliphatic heterocycles. The van der Waals surface area contributed by atoms with Gasteiger partial charge in [0.1, 0.15) is 0 Å². The third kappa shape index (κ3) is 4.17. The maximum absolute atomic E-state index is 12.3. The van der Waals surface area contributed by atoms with Crippen molar-refractivity contribution in [3.63, 3.8) is 0 Å². The number of Topliss-reactive ketones (excluding diaryl/α,β-unsaturated/α-hetero) is 1. The van der Waals surface area contributed by atoms with Gasteiger partial charge in [0.05, 0.1) is 12.5 Å². The summed E-state index contributed by atoms with van der Waals surface area (Å²) in [6.07, 6.45) is -0.183. The van der Waals surface area contributed by atoms with Crippen molar-refractivity contribution in [3.8, 4) is 0 Å². The van der Waals surface area contributed by atoms with Crippen LogP contribution in [0.15, 0.2) is 24.3 Å². The van der Waals surface area contributed by atoms with Crippen molar-refractivity contribution in [3.05, 3.63) is 35.4 Å². The number of hydrogen-bond acceptors (Lipinski definition) is 3. The van der Waals surface area contributed by atoms with Crippen LogP contribution in [-0.4, -0.2) is 41.9 Å². The second-order valence-electron chi connectivity index (χ2n) is 5.22. The first-order valence-electron chi connectivity index (χ1n) is 6.35. The van der Waals surface area contributed by atoms with E-state index in [2.05, 4.69) is 13.8 Å². The van der Waals surface area contributed by atoms with Gasteiger partial charge in [0.2, 0.25) is 0 Å². The molecule has 0 aliphatic rings. The van der Waals surface area contributed by atoms with Gasteiger partial charge in [-0.3, -0.25) is 14.5 Å². The van der Waals surface area contributed by atoms with Gasteiger partial charge >= 0.3 is 5.97 Å². The molecule has 1 aromatic rings. The predicted octanol–water partition coefficient (Wildman–Crippen LogP) is 2.40. The molecule has 1 rings (SSSR count). The van der Waals surface area contributed by atoms with E-state index in [1.54, 1.807) is 31.1 Å². The lowest BCUT2D eigenvalue weighted by Gasteiger charge is -2.21. The van der Waals surface area contributed by atoms with Gasteiger partial charge in [0, 0.05) is 5.56 Å². The van der Waals surface area contributed by atoms with E-state index in [-0.39, 0.29) is 12.2 Å². The first-order valence-corrected chi connectivity index (χ1v) is 6.35. The number of carbonyl (C=O) groups excluding carboxylic acids is 1. The maximum Gasteiger partial charge on any atom is 0.305 e. The average molecular weight is 263 g/mol. The van der Waals surface area contributed by atoms with Crippen molar-refractivity contribution in [2.45, 2.75) is 32.2 Å². The molecule has 4 heteroatoms. The van der Waals surface area contributed by atoms with Crippen LogP contribution in [0, 0.1) is 0 Å². The molecular formula is C15H21NO3. The lowest BCUT2D eigenvalue weighted by molar-refractivity contribution is -0.137. The molecule has 0 radical (unpaired) electrons. The maximum atomic E-state index is 12.3. The van der Waals surface area contributed by atoms with Crippen LogP contribution in [0.2, 0.25) is 0 Å². The highest BCUT2D eigenvalue weighted by Gasteiger charge is 2.24. The molecule has 1 aromatic carbocycles. The summed E-state index contributed by atoms with van der Waals surface area (Å²) >= 11 is 0. The zero-order valence-corrected chi connectivity index (χ0v) is 11.9. The van der Waals surface area contributed by atoms with Crippen molar-refractivity contribution >= 4 is 11.8 Å². The third-order valence-electron chi connectivity index (χ3n) is 3.16. The van der Waals surface area contributed by atoms with E-state index in [1.807, 2.05) is 12.1 Å². The monoisotopic (exact) mass is 263 g/mol. The molecule has 0 fully saturated rings. The van der Waals surface area contributed by atoms with Gasteiger partial charge in [-0.05, 0) is 25.6 Å². The second kappa shape index (κ2) is 6.48. The number of aliphatic carboxylic acids is 1. The van der Waals surface area contributed by atoms with Gasteiger partial charge in [-0.2, -0.15) is 0 Å². The van der Waals surface area contributed by atoms with Gasteiger partial charge in [-0.15, -0.1) is 0 Å². The minimum Gasteiger partial charge on any atom is -0.481 e. The Labute approximate surface area is 114 Å². The van der Waals surface area contributed by atoms with Crippen LogP contribution in [0.1, 0.15) is 42.1 Å². The molecule has 0 aromatic heterocycles. The molecule has 19 heavy (non-hydrogen) atoms. The summed E-state index contributed by atoms with van der Waals surface area (Å²) in [6.45, 7) is 4.17. The average Bonchev–Trinajstić information content (AvgIpc) is 2.34. The summed E-state index contributed by atoms with van der Waals surface area (Å²) in [5.41, 5.74) is 1.72. The molecule has 104 valence electrons. The highest BCUT2D eigenvalue weighted by molar-refractivity contribution is 6.01. The van der Waals surface area contributed by atoms with Crippen LogP contribution < -0.4 is 0 Å². The Morgan fingerprint density at radius 3 is 2.05 bits per heavy atom. The number of carboxylic acids is 1. The number of carbonyl (C=O) groups is 2. The van der Waals surface area contributed by atoms with E-state index in [0.29, 0.717) is 11.5 Å². The zero-order valence-electron chi connectivity index (χ0n) is 11.9. The number of ketones is 1. The summed E-state index contributed by atoms with van der Waals surface area (Å²) in [7, 11) is 3.43. The summed E-state index contributed by atoms with van der Waals surface area (Å²) in [6, 6.07) is 6.77. The topological polar surface area (TPSA) is 57.6 Å². The van der Waals surface area contributed by atoms with Gasteiger partial charge in [-0.25, -0.2) is 0 Å². The zero-order chi connectivity index (χ0) is 14.6. The Morgan fingerprint density at radius 1 is 1.16 bits per heavy atom.